The maximum absolute atomic E-state index is 12.6. The van der Waals surface area contributed by atoms with Gasteiger partial charge in [0.1, 0.15) is 5.82 Å². The van der Waals surface area contributed by atoms with Crippen LogP contribution in [0.25, 0.3) is 6.08 Å². The van der Waals surface area contributed by atoms with Crippen molar-refractivity contribution in [2.75, 3.05) is 26.2 Å². The second-order valence-electron chi connectivity index (χ2n) is 7.35. The van der Waals surface area contributed by atoms with Crippen LogP contribution < -0.4 is 0 Å². The molecule has 4 rings (SSSR count). The van der Waals surface area contributed by atoms with Gasteiger partial charge in [-0.3, -0.25) is 4.90 Å². The zero-order valence-electron chi connectivity index (χ0n) is 15.9. The van der Waals surface area contributed by atoms with E-state index in [2.05, 4.69) is 14.6 Å². The number of piperazine rings is 1. The van der Waals surface area contributed by atoms with Crippen LogP contribution >= 0.6 is 12.2 Å². The molecule has 1 aromatic heterocycles. The molecule has 1 aliphatic carbocycles. The number of aryl methyl sites for hydroxylation is 1. The third kappa shape index (κ3) is 4.27. The lowest BCUT2D eigenvalue weighted by molar-refractivity contribution is 0.145. The van der Waals surface area contributed by atoms with Gasteiger partial charge in [-0.25, -0.2) is 13.1 Å². The van der Waals surface area contributed by atoms with Crippen LogP contribution in [0.5, 0.6) is 0 Å². The summed E-state index contributed by atoms with van der Waals surface area (Å²) in [5.41, 5.74) is 0.876. The van der Waals surface area contributed by atoms with Crippen molar-refractivity contribution in [1.82, 2.24) is 23.6 Å². The van der Waals surface area contributed by atoms with Crippen LogP contribution in [0.15, 0.2) is 35.7 Å². The molecule has 28 heavy (non-hydrogen) atoms. The van der Waals surface area contributed by atoms with Crippen LogP contribution in [-0.2, 0) is 16.7 Å². The summed E-state index contributed by atoms with van der Waals surface area (Å²) in [6.07, 6.45) is 4.00. The summed E-state index contributed by atoms with van der Waals surface area (Å²) in [5.74, 6) is 0.958. The van der Waals surface area contributed by atoms with Gasteiger partial charge in [-0.05, 0) is 43.6 Å². The predicted octanol–water partition coefficient (Wildman–Crippen LogP) is 2.63. The Kier molecular flexibility index (Phi) is 5.50. The minimum atomic E-state index is -3.41. The topological polar surface area (TPSA) is 63.4 Å². The number of benzene rings is 1. The van der Waals surface area contributed by atoms with Gasteiger partial charge in [0.05, 0.1) is 6.67 Å². The normalized spacial score (nSPS) is 19.5. The van der Waals surface area contributed by atoms with Crippen LogP contribution in [0.2, 0.25) is 0 Å². The van der Waals surface area contributed by atoms with E-state index < -0.39 is 10.0 Å². The van der Waals surface area contributed by atoms with Crippen molar-refractivity contribution in [1.29, 1.82) is 0 Å². The standard InChI is InChI=1S/C19H25N5O2S2/c1-16-20-23(19(27)24(16)18-7-8-18)15-21-10-12-22(13-11-21)28(25,26)14-9-17-5-3-2-4-6-17/h2-6,9,14,18H,7-8,10-13,15H2,1H3/b14-9+. The highest BCUT2D eigenvalue weighted by Crippen LogP contribution is 2.35. The molecular weight excluding hydrogens is 394 g/mol. The Morgan fingerprint density at radius 2 is 1.82 bits per heavy atom. The number of sulfonamides is 1. The Bertz CT molecular complexity index is 1010. The molecule has 1 aliphatic heterocycles. The third-order valence-corrected chi connectivity index (χ3v) is 7.18. The quantitative estimate of drug-likeness (QED) is 0.674. The molecule has 0 N–H and O–H groups in total. The molecule has 0 radical (unpaired) electrons. The van der Waals surface area contributed by atoms with Crippen molar-refractivity contribution in [3.05, 3.63) is 51.9 Å². The molecule has 1 aromatic carbocycles. The molecule has 0 spiro atoms. The summed E-state index contributed by atoms with van der Waals surface area (Å²) in [7, 11) is -3.41. The molecule has 150 valence electrons. The van der Waals surface area contributed by atoms with E-state index in [-0.39, 0.29) is 0 Å². The summed E-state index contributed by atoms with van der Waals surface area (Å²) in [5, 5.41) is 5.89. The largest absolute Gasteiger partial charge is 0.301 e. The van der Waals surface area contributed by atoms with E-state index in [9.17, 15) is 8.42 Å². The van der Waals surface area contributed by atoms with E-state index >= 15 is 0 Å². The van der Waals surface area contributed by atoms with Crippen molar-refractivity contribution in [3.63, 3.8) is 0 Å². The van der Waals surface area contributed by atoms with E-state index in [0.717, 1.165) is 16.2 Å². The second-order valence-corrected chi connectivity index (χ2v) is 9.53. The molecular formula is C19H25N5O2S2. The van der Waals surface area contributed by atoms with Crippen LogP contribution in [-0.4, -0.2) is 58.1 Å². The second kappa shape index (κ2) is 7.90. The summed E-state index contributed by atoms with van der Waals surface area (Å²) >= 11 is 5.58. The van der Waals surface area contributed by atoms with Crippen LogP contribution in [0, 0.1) is 11.7 Å². The molecule has 2 aliphatic rings. The first-order valence-corrected chi connectivity index (χ1v) is 11.5. The number of hydrogen-bond donors (Lipinski definition) is 0. The summed E-state index contributed by atoms with van der Waals surface area (Å²) < 4.78 is 31.5. The Labute approximate surface area is 170 Å². The van der Waals surface area contributed by atoms with Gasteiger partial charge in [-0.15, -0.1) is 0 Å². The first-order valence-electron chi connectivity index (χ1n) is 9.55. The Hall–Kier alpha value is -1.81. The Morgan fingerprint density at radius 3 is 2.46 bits per heavy atom. The molecule has 2 fully saturated rings. The van der Waals surface area contributed by atoms with Crippen LogP contribution in [0.4, 0.5) is 0 Å². The maximum atomic E-state index is 12.6. The molecule has 9 heteroatoms. The summed E-state index contributed by atoms with van der Waals surface area (Å²) in [6, 6.07) is 9.98. The van der Waals surface area contributed by atoms with Crippen molar-refractivity contribution in [2.45, 2.75) is 32.5 Å². The zero-order valence-corrected chi connectivity index (χ0v) is 17.6. The average Bonchev–Trinajstić information content (AvgIpc) is 3.48. The van der Waals surface area contributed by atoms with E-state index in [1.165, 1.54) is 22.6 Å². The highest BCUT2D eigenvalue weighted by Gasteiger charge is 2.28. The molecule has 0 unspecified atom stereocenters. The van der Waals surface area contributed by atoms with E-state index in [4.69, 9.17) is 12.2 Å². The van der Waals surface area contributed by atoms with E-state index in [0.29, 0.717) is 38.9 Å². The summed E-state index contributed by atoms with van der Waals surface area (Å²) in [4.78, 5) is 2.20. The van der Waals surface area contributed by atoms with Crippen molar-refractivity contribution >= 4 is 28.3 Å². The molecule has 0 bridgehead atoms. The molecule has 2 aromatic rings. The van der Waals surface area contributed by atoms with Gasteiger partial charge < -0.3 is 4.57 Å². The highest BCUT2D eigenvalue weighted by atomic mass is 32.2. The molecule has 1 saturated heterocycles. The fraction of sp³-hybridized carbons (Fsp3) is 0.474. The van der Waals surface area contributed by atoms with E-state index in [1.54, 1.807) is 6.08 Å². The predicted molar refractivity (Wildman–Crippen MR) is 112 cm³/mol. The lowest BCUT2D eigenvalue weighted by Crippen LogP contribution is -2.48. The number of aromatic nitrogens is 3. The SMILES string of the molecule is Cc1nn(CN2CCN(S(=O)(=O)/C=C/c3ccccc3)CC2)c(=S)n1C1CC1. The fourth-order valence-corrected chi connectivity index (χ4v) is 5.06. The Morgan fingerprint density at radius 1 is 1.14 bits per heavy atom. The van der Waals surface area contributed by atoms with Crippen molar-refractivity contribution in [2.24, 2.45) is 0 Å². The highest BCUT2D eigenvalue weighted by molar-refractivity contribution is 7.92. The van der Waals surface area contributed by atoms with Crippen molar-refractivity contribution < 1.29 is 8.42 Å². The lowest BCUT2D eigenvalue weighted by atomic mass is 10.2. The molecule has 7 nitrogen and oxygen atoms in total. The number of nitrogens with zero attached hydrogens (tertiary/aromatic N) is 5. The Balaban J connectivity index is 1.36. The van der Waals surface area contributed by atoms with Gasteiger partial charge in [-0.1, -0.05) is 30.3 Å². The smallest absolute Gasteiger partial charge is 0.236 e. The summed E-state index contributed by atoms with van der Waals surface area (Å²) in [6.45, 7) is 4.86. The molecule has 0 amide bonds. The van der Waals surface area contributed by atoms with Crippen LogP contribution in [0.3, 0.4) is 0 Å². The van der Waals surface area contributed by atoms with E-state index in [1.807, 2.05) is 41.9 Å². The molecule has 0 atom stereocenters. The van der Waals surface area contributed by atoms with Gasteiger partial charge >= 0.3 is 0 Å². The van der Waals surface area contributed by atoms with Gasteiger partial charge in [0.2, 0.25) is 10.0 Å². The van der Waals surface area contributed by atoms with Gasteiger partial charge in [0.25, 0.3) is 0 Å². The average molecular weight is 420 g/mol. The van der Waals surface area contributed by atoms with Gasteiger partial charge in [0, 0.05) is 37.6 Å². The zero-order chi connectivity index (χ0) is 19.7. The minimum absolute atomic E-state index is 0.469. The first-order chi connectivity index (χ1) is 13.4. The van der Waals surface area contributed by atoms with Crippen molar-refractivity contribution in [3.8, 4) is 0 Å². The molecule has 1 saturated carbocycles. The fourth-order valence-electron chi connectivity index (χ4n) is 3.50. The van der Waals surface area contributed by atoms with Gasteiger partial charge in [0.15, 0.2) is 4.77 Å². The monoisotopic (exact) mass is 419 g/mol. The third-order valence-electron chi connectivity index (χ3n) is 5.21. The maximum Gasteiger partial charge on any atom is 0.236 e. The molecule has 2 heterocycles. The first kappa shape index (κ1) is 19.5. The van der Waals surface area contributed by atoms with Gasteiger partial charge in [-0.2, -0.15) is 9.40 Å². The number of rotatable bonds is 6. The van der Waals surface area contributed by atoms with Crippen LogP contribution in [0.1, 0.15) is 30.3 Å². The number of hydrogen-bond acceptors (Lipinski definition) is 5. The lowest BCUT2D eigenvalue weighted by Gasteiger charge is -2.32. The minimum Gasteiger partial charge on any atom is -0.301 e.